The lowest BCUT2D eigenvalue weighted by atomic mass is 9.82. The molecular weight excluding hydrogens is 458 g/mol. The predicted molar refractivity (Wildman–Crippen MR) is 136 cm³/mol. The van der Waals surface area contributed by atoms with Crippen LogP contribution in [0.2, 0.25) is 0 Å². The van der Waals surface area contributed by atoms with Crippen molar-refractivity contribution in [1.29, 1.82) is 0 Å². The Labute approximate surface area is 214 Å². The van der Waals surface area contributed by atoms with Crippen LogP contribution in [0.15, 0.2) is 18.6 Å². The summed E-state index contributed by atoms with van der Waals surface area (Å²) in [7, 11) is 0. The normalized spacial score (nSPS) is 22.3. The molecule has 1 aromatic rings. The average Bonchev–Trinajstić information content (AvgIpc) is 3.31. The van der Waals surface area contributed by atoms with E-state index in [1.807, 2.05) is 20.8 Å². The van der Waals surface area contributed by atoms with Gasteiger partial charge in [0.1, 0.15) is 24.1 Å². The molecule has 0 bridgehead atoms. The maximum absolute atomic E-state index is 13.6. The number of aldehydes is 1. The number of hydrogen-bond acceptors (Lipinski definition) is 6. The van der Waals surface area contributed by atoms with Crippen molar-refractivity contribution in [3.63, 3.8) is 0 Å². The van der Waals surface area contributed by atoms with Gasteiger partial charge in [-0.1, -0.05) is 46.5 Å². The summed E-state index contributed by atoms with van der Waals surface area (Å²) >= 11 is 0. The van der Waals surface area contributed by atoms with Crippen LogP contribution in [0.5, 0.6) is 0 Å². The lowest BCUT2D eigenvalue weighted by Crippen LogP contribution is -2.60. The highest BCUT2D eigenvalue weighted by Gasteiger charge is 2.38. The van der Waals surface area contributed by atoms with Crippen molar-refractivity contribution in [3.05, 3.63) is 24.3 Å². The zero-order chi connectivity index (χ0) is 26.1. The molecular formula is C27H41N5O4. The fraction of sp³-hybridized carbons (Fsp3) is 0.704. The van der Waals surface area contributed by atoms with Gasteiger partial charge in [0.25, 0.3) is 5.91 Å². The molecule has 1 heterocycles. The fourth-order valence-electron chi connectivity index (χ4n) is 5.55. The standard InChI is InChI=1S/C27H41N5O4/c1-27(2,3)23(26(36)30-16-20-11-7-10-18(20)12-15-33)32-25(35)22(19-8-5-4-6-9-19)31-24(34)21-17-28-13-14-29-21/h13-15,17-20,22-23H,4-12,16H2,1-3H3,(H,30,36)(H,31,34)(H,32,35)/t18-,20+,22-,23?/m1/s1. The van der Waals surface area contributed by atoms with Crippen LogP contribution < -0.4 is 16.0 Å². The average molecular weight is 500 g/mol. The van der Waals surface area contributed by atoms with E-state index < -0.39 is 23.4 Å². The van der Waals surface area contributed by atoms with Crippen molar-refractivity contribution in [3.8, 4) is 0 Å². The van der Waals surface area contributed by atoms with Crippen LogP contribution >= 0.6 is 0 Å². The summed E-state index contributed by atoms with van der Waals surface area (Å²) in [6.07, 6.45) is 13.6. The largest absolute Gasteiger partial charge is 0.354 e. The van der Waals surface area contributed by atoms with Gasteiger partial charge in [-0.15, -0.1) is 0 Å². The minimum Gasteiger partial charge on any atom is -0.354 e. The molecule has 1 aromatic heterocycles. The Morgan fingerprint density at radius 2 is 1.69 bits per heavy atom. The van der Waals surface area contributed by atoms with Gasteiger partial charge in [0.05, 0.1) is 6.20 Å². The molecule has 0 saturated heterocycles. The maximum Gasteiger partial charge on any atom is 0.272 e. The van der Waals surface area contributed by atoms with E-state index in [1.54, 1.807) is 0 Å². The topological polar surface area (TPSA) is 130 Å². The van der Waals surface area contributed by atoms with E-state index in [9.17, 15) is 19.2 Å². The third kappa shape index (κ3) is 7.58. The summed E-state index contributed by atoms with van der Waals surface area (Å²) in [6.45, 7) is 6.23. The molecule has 0 aromatic carbocycles. The monoisotopic (exact) mass is 499 g/mol. The first-order valence-corrected chi connectivity index (χ1v) is 13.3. The first-order valence-electron chi connectivity index (χ1n) is 13.3. The quantitative estimate of drug-likeness (QED) is 0.425. The van der Waals surface area contributed by atoms with Gasteiger partial charge in [-0.05, 0) is 48.9 Å². The van der Waals surface area contributed by atoms with Gasteiger partial charge in [-0.25, -0.2) is 4.98 Å². The van der Waals surface area contributed by atoms with Crippen LogP contribution in [-0.2, 0) is 14.4 Å². The van der Waals surface area contributed by atoms with E-state index >= 15 is 0 Å². The van der Waals surface area contributed by atoms with Crippen molar-refractivity contribution in [1.82, 2.24) is 25.9 Å². The summed E-state index contributed by atoms with van der Waals surface area (Å²) in [4.78, 5) is 58.7. The highest BCUT2D eigenvalue weighted by atomic mass is 16.2. The van der Waals surface area contributed by atoms with E-state index in [1.165, 1.54) is 18.6 Å². The molecule has 1 unspecified atom stereocenters. The van der Waals surface area contributed by atoms with Crippen molar-refractivity contribution in [2.24, 2.45) is 23.2 Å². The van der Waals surface area contributed by atoms with Gasteiger partial charge in [-0.3, -0.25) is 19.4 Å². The molecule has 36 heavy (non-hydrogen) atoms. The number of carbonyl (C=O) groups is 4. The van der Waals surface area contributed by atoms with Crippen LogP contribution in [-0.4, -0.2) is 52.6 Å². The molecule has 9 nitrogen and oxygen atoms in total. The fourth-order valence-corrected chi connectivity index (χ4v) is 5.55. The molecule has 0 aliphatic heterocycles. The molecule has 9 heteroatoms. The van der Waals surface area contributed by atoms with Crippen molar-refractivity contribution < 1.29 is 19.2 Å². The lowest BCUT2D eigenvalue weighted by Gasteiger charge is -2.35. The Morgan fingerprint density at radius 3 is 2.33 bits per heavy atom. The van der Waals surface area contributed by atoms with Crippen LogP contribution in [0, 0.1) is 23.2 Å². The Kier molecular flexibility index (Phi) is 9.96. The van der Waals surface area contributed by atoms with Crippen LogP contribution in [0.1, 0.15) is 89.0 Å². The molecule has 2 aliphatic rings. The third-order valence-electron chi connectivity index (χ3n) is 7.65. The number of rotatable bonds is 10. The Balaban J connectivity index is 1.70. The molecule has 2 aliphatic carbocycles. The van der Waals surface area contributed by atoms with E-state index in [4.69, 9.17) is 0 Å². The summed E-state index contributed by atoms with van der Waals surface area (Å²) in [5.74, 6) is -0.475. The summed E-state index contributed by atoms with van der Waals surface area (Å²) in [5, 5.41) is 8.88. The SMILES string of the molecule is CC(C)(C)C(NC(=O)[C@H](NC(=O)c1cnccn1)C1CCCCC1)C(=O)NC[C@@H]1CCC[C@@H]1CC=O. The molecule has 3 N–H and O–H groups in total. The molecule has 3 rings (SSSR count). The second kappa shape index (κ2) is 12.9. The first kappa shape index (κ1) is 27.7. The Bertz CT molecular complexity index is 895. The van der Waals surface area contributed by atoms with Gasteiger partial charge in [0.15, 0.2) is 0 Å². The van der Waals surface area contributed by atoms with Crippen molar-refractivity contribution in [2.75, 3.05) is 6.54 Å². The minimum atomic E-state index is -0.768. The summed E-state index contributed by atoms with van der Waals surface area (Å²) in [5.41, 5.74) is -0.387. The second-order valence-corrected chi connectivity index (χ2v) is 11.3. The van der Waals surface area contributed by atoms with Gasteiger partial charge in [0, 0.05) is 25.4 Å². The Morgan fingerprint density at radius 1 is 0.972 bits per heavy atom. The minimum absolute atomic E-state index is 0.00867. The first-order chi connectivity index (χ1) is 17.2. The van der Waals surface area contributed by atoms with Gasteiger partial charge >= 0.3 is 0 Å². The zero-order valence-electron chi connectivity index (χ0n) is 21.8. The predicted octanol–water partition coefficient (Wildman–Crippen LogP) is 2.81. The summed E-state index contributed by atoms with van der Waals surface area (Å²) in [6, 6.07) is -1.53. The third-order valence-corrected chi connectivity index (χ3v) is 7.65. The molecule has 198 valence electrons. The van der Waals surface area contributed by atoms with Crippen molar-refractivity contribution in [2.45, 2.75) is 90.6 Å². The molecule has 2 fully saturated rings. The lowest BCUT2D eigenvalue weighted by molar-refractivity contribution is -0.133. The van der Waals surface area contributed by atoms with Crippen molar-refractivity contribution >= 4 is 24.0 Å². The molecule has 0 spiro atoms. The molecule has 3 amide bonds. The smallest absolute Gasteiger partial charge is 0.272 e. The highest BCUT2D eigenvalue weighted by Crippen LogP contribution is 2.33. The van der Waals surface area contributed by atoms with Crippen LogP contribution in [0.25, 0.3) is 0 Å². The second-order valence-electron chi connectivity index (χ2n) is 11.3. The number of nitrogens with zero attached hydrogens (tertiary/aromatic N) is 2. The highest BCUT2D eigenvalue weighted by molar-refractivity contribution is 5.97. The maximum atomic E-state index is 13.6. The van der Waals surface area contributed by atoms with E-state index in [0.717, 1.165) is 57.7 Å². The van der Waals surface area contributed by atoms with Gasteiger partial charge in [0.2, 0.25) is 11.8 Å². The number of carbonyl (C=O) groups excluding carboxylic acids is 4. The number of amides is 3. The number of aromatic nitrogens is 2. The van der Waals surface area contributed by atoms with Crippen LogP contribution in [0.3, 0.4) is 0 Å². The zero-order valence-corrected chi connectivity index (χ0v) is 21.8. The van der Waals surface area contributed by atoms with E-state index in [0.29, 0.717) is 18.9 Å². The van der Waals surface area contributed by atoms with E-state index in [-0.39, 0.29) is 29.3 Å². The summed E-state index contributed by atoms with van der Waals surface area (Å²) < 4.78 is 0. The molecule has 0 radical (unpaired) electrons. The van der Waals surface area contributed by atoms with Gasteiger partial charge < -0.3 is 20.7 Å². The number of hydrogen-bond donors (Lipinski definition) is 3. The van der Waals surface area contributed by atoms with E-state index in [2.05, 4.69) is 25.9 Å². The van der Waals surface area contributed by atoms with Gasteiger partial charge in [-0.2, -0.15) is 0 Å². The number of nitrogens with one attached hydrogen (secondary N) is 3. The Hall–Kier alpha value is -2.84. The molecule has 2 saturated carbocycles. The molecule has 4 atom stereocenters. The van der Waals surface area contributed by atoms with Crippen LogP contribution in [0.4, 0.5) is 0 Å².